The van der Waals surface area contributed by atoms with Crippen LogP contribution in [0.25, 0.3) is 0 Å². The third kappa shape index (κ3) is 3.90. The number of sulfonamides is 1. The molecule has 0 atom stereocenters. The molecule has 1 aromatic rings. The van der Waals surface area contributed by atoms with Crippen LogP contribution in [0.3, 0.4) is 0 Å². The molecule has 0 unspecified atom stereocenters. The molecule has 0 aromatic carbocycles. The van der Waals surface area contributed by atoms with Crippen molar-refractivity contribution in [2.24, 2.45) is 5.41 Å². The molecule has 1 aromatic heterocycles. The molecule has 0 amide bonds. The van der Waals surface area contributed by atoms with Crippen molar-refractivity contribution in [1.82, 2.24) is 14.2 Å². The molecule has 2 aliphatic rings. The van der Waals surface area contributed by atoms with Gasteiger partial charge in [0.25, 0.3) is 0 Å². The summed E-state index contributed by atoms with van der Waals surface area (Å²) in [6.45, 7) is 5.77. The Morgan fingerprint density at radius 1 is 1.21 bits per heavy atom. The van der Waals surface area contributed by atoms with Crippen molar-refractivity contribution in [2.45, 2.75) is 37.5 Å². The fraction of sp³-hybridized carbons (Fsp3) is 0.706. The van der Waals surface area contributed by atoms with Gasteiger partial charge in [0.15, 0.2) is 0 Å². The first-order valence-electron chi connectivity index (χ1n) is 8.84. The minimum absolute atomic E-state index is 0.285. The number of likely N-dealkylation sites (N-methyl/N-ethyl adjacent to an activating group) is 1. The quantitative estimate of drug-likeness (QED) is 0.813. The summed E-state index contributed by atoms with van der Waals surface area (Å²) in [7, 11) is -1.41. The van der Waals surface area contributed by atoms with E-state index in [2.05, 4.69) is 22.1 Å². The van der Waals surface area contributed by atoms with Crippen LogP contribution in [0.15, 0.2) is 23.2 Å². The van der Waals surface area contributed by atoms with E-state index in [9.17, 15) is 8.42 Å². The summed E-state index contributed by atoms with van der Waals surface area (Å²) in [4.78, 5) is 6.74. The van der Waals surface area contributed by atoms with Crippen molar-refractivity contribution >= 4 is 15.8 Å². The lowest BCUT2D eigenvalue weighted by atomic mass is 10.0. The summed E-state index contributed by atoms with van der Waals surface area (Å²) in [5.74, 6) is 0.759. The molecular weight excluding hydrogens is 324 g/mol. The SMILES string of the molecule is CCCC1(CNc2ccc(S(=O)(=O)N3CCN(C)CC3)cn2)CC1. The molecule has 6 nitrogen and oxygen atoms in total. The molecule has 2 fully saturated rings. The van der Waals surface area contributed by atoms with E-state index in [4.69, 9.17) is 0 Å². The molecule has 134 valence electrons. The zero-order chi connectivity index (χ0) is 17.2. The van der Waals surface area contributed by atoms with Gasteiger partial charge in [-0.1, -0.05) is 13.3 Å². The van der Waals surface area contributed by atoms with Crippen LogP contribution in [-0.4, -0.2) is 62.4 Å². The molecule has 0 radical (unpaired) electrons. The first-order chi connectivity index (χ1) is 11.5. The Labute approximate surface area is 145 Å². The van der Waals surface area contributed by atoms with Gasteiger partial charge in [-0.2, -0.15) is 4.31 Å². The predicted octanol–water partition coefficient (Wildman–Crippen LogP) is 2.01. The maximum Gasteiger partial charge on any atom is 0.244 e. The summed E-state index contributed by atoms with van der Waals surface area (Å²) in [6, 6.07) is 3.45. The molecule has 0 spiro atoms. The Hall–Kier alpha value is -1.18. The fourth-order valence-corrected chi connectivity index (χ4v) is 4.68. The average Bonchev–Trinajstić information content (AvgIpc) is 3.34. The minimum Gasteiger partial charge on any atom is -0.370 e. The summed E-state index contributed by atoms with van der Waals surface area (Å²) in [5, 5.41) is 3.37. The number of anilines is 1. The van der Waals surface area contributed by atoms with E-state index in [1.165, 1.54) is 31.9 Å². The van der Waals surface area contributed by atoms with Crippen LogP contribution in [0.2, 0.25) is 0 Å². The van der Waals surface area contributed by atoms with Gasteiger partial charge in [-0.05, 0) is 43.9 Å². The lowest BCUT2D eigenvalue weighted by molar-refractivity contribution is 0.222. The molecule has 1 aliphatic heterocycles. The van der Waals surface area contributed by atoms with E-state index in [-0.39, 0.29) is 4.90 Å². The highest BCUT2D eigenvalue weighted by molar-refractivity contribution is 7.89. The van der Waals surface area contributed by atoms with Crippen molar-refractivity contribution in [1.29, 1.82) is 0 Å². The normalized spacial score (nSPS) is 21.6. The second kappa shape index (κ2) is 6.98. The number of nitrogens with zero attached hydrogens (tertiary/aromatic N) is 3. The third-order valence-corrected chi connectivity index (χ3v) is 7.10. The number of hydrogen-bond donors (Lipinski definition) is 1. The summed E-state index contributed by atoms with van der Waals surface area (Å²) in [6.07, 6.45) is 6.50. The van der Waals surface area contributed by atoms with Crippen molar-refractivity contribution in [2.75, 3.05) is 45.1 Å². The Morgan fingerprint density at radius 2 is 1.92 bits per heavy atom. The van der Waals surface area contributed by atoms with Gasteiger partial charge in [-0.15, -0.1) is 0 Å². The highest BCUT2D eigenvalue weighted by atomic mass is 32.2. The van der Waals surface area contributed by atoms with Gasteiger partial charge in [0.05, 0.1) is 0 Å². The molecule has 0 bridgehead atoms. The maximum atomic E-state index is 12.7. The molecule has 3 rings (SSSR count). The maximum absolute atomic E-state index is 12.7. The Morgan fingerprint density at radius 3 is 2.46 bits per heavy atom. The molecule has 1 saturated carbocycles. The van der Waals surface area contributed by atoms with Gasteiger partial charge in [-0.25, -0.2) is 13.4 Å². The molecule has 2 heterocycles. The number of piperazine rings is 1. The topological polar surface area (TPSA) is 65.5 Å². The highest BCUT2D eigenvalue weighted by Gasteiger charge is 2.41. The number of pyridine rings is 1. The smallest absolute Gasteiger partial charge is 0.244 e. The fourth-order valence-electron chi connectivity index (χ4n) is 3.32. The molecule has 1 N–H and O–H groups in total. The lowest BCUT2D eigenvalue weighted by Gasteiger charge is -2.31. The van der Waals surface area contributed by atoms with E-state index < -0.39 is 10.0 Å². The second-order valence-corrected chi connectivity index (χ2v) is 9.13. The van der Waals surface area contributed by atoms with E-state index in [0.717, 1.165) is 25.5 Å². The van der Waals surface area contributed by atoms with Gasteiger partial charge in [0, 0.05) is 38.9 Å². The zero-order valence-electron chi connectivity index (χ0n) is 14.7. The van der Waals surface area contributed by atoms with Crippen molar-refractivity contribution < 1.29 is 8.42 Å². The van der Waals surface area contributed by atoms with Gasteiger partial charge in [-0.3, -0.25) is 0 Å². The van der Waals surface area contributed by atoms with Gasteiger partial charge in [0.2, 0.25) is 10.0 Å². The monoisotopic (exact) mass is 352 g/mol. The highest BCUT2D eigenvalue weighted by Crippen LogP contribution is 2.49. The van der Waals surface area contributed by atoms with Crippen LogP contribution in [-0.2, 0) is 10.0 Å². The molecule has 24 heavy (non-hydrogen) atoms. The number of nitrogens with one attached hydrogen (secondary N) is 1. The summed E-state index contributed by atoms with van der Waals surface area (Å²) in [5.41, 5.74) is 0.445. The standard InChI is InChI=1S/C17H28N4O2S/c1-3-6-17(7-8-17)14-19-16-5-4-15(13-18-16)24(22,23)21-11-9-20(2)10-12-21/h4-5,13H,3,6-12,14H2,1-2H3,(H,18,19). The zero-order valence-corrected chi connectivity index (χ0v) is 15.5. The van der Waals surface area contributed by atoms with Crippen molar-refractivity contribution in [3.8, 4) is 0 Å². The first-order valence-corrected chi connectivity index (χ1v) is 10.3. The number of aromatic nitrogens is 1. The largest absolute Gasteiger partial charge is 0.370 e. The average molecular weight is 353 g/mol. The van der Waals surface area contributed by atoms with Gasteiger partial charge < -0.3 is 10.2 Å². The van der Waals surface area contributed by atoms with Crippen LogP contribution in [0, 0.1) is 5.41 Å². The Balaban J connectivity index is 1.61. The first kappa shape index (κ1) is 17.6. The van der Waals surface area contributed by atoms with Crippen LogP contribution in [0.1, 0.15) is 32.6 Å². The van der Waals surface area contributed by atoms with Crippen molar-refractivity contribution in [3.63, 3.8) is 0 Å². The van der Waals surface area contributed by atoms with E-state index in [1.807, 2.05) is 7.05 Å². The molecular formula is C17H28N4O2S. The van der Waals surface area contributed by atoms with E-state index in [1.54, 1.807) is 16.4 Å². The minimum atomic E-state index is -3.43. The van der Waals surface area contributed by atoms with E-state index in [0.29, 0.717) is 18.5 Å². The molecule has 7 heteroatoms. The predicted molar refractivity (Wildman–Crippen MR) is 95.6 cm³/mol. The molecule has 1 aliphatic carbocycles. The van der Waals surface area contributed by atoms with Crippen LogP contribution in [0.5, 0.6) is 0 Å². The second-order valence-electron chi connectivity index (χ2n) is 7.19. The number of rotatable bonds is 7. The van der Waals surface area contributed by atoms with E-state index >= 15 is 0 Å². The third-order valence-electron chi connectivity index (χ3n) is 5.22. The van der Waals surface area contributed by atoms with Gasteiger partial charge in [0.1, 0.15) is 10.7 Å². The lowest BCUT2D eigenvalue weighted by Crippen LogP contribution is -2.47. The van der Waals surface area contributed by atoms with Crippen molar-refractivity contribution in [3.05, 3.63) is 18.3 Å². The van der Waals surface area contributed by atoms with Crippen LogP contribution < -0.4 is 5.32 Å². The molecule has 1 saturated heterocycles. The summed E-state index contributed by atoms with van der Waals surface area (Å²) < 4.78 is 26.9. The number of hydrogen-bond acceptors (Lipinski definition) is 5. The Kier molecular flexibility index (Phi) is 5.13. The summed E-state index contributed by atoms with van der Waals surface area (Å²) >= 11 is 0. The van der Waals surface area contributed by atoms with Gasteiger partial charge >= 0.3 is 0 Å². The van der Waals surface area contributed by atoms with Crippen LogP contribution >= 0.6 is 0 Å². The van der Waals surface area contributed by atoms with Crippen LogP contribution in [0.4, 0.5) is 5.82 Å². The Bertz CT molecular complexity index is 648.